The second kappa shape index (κ2) is 4.68. The van der Waals surface area contributed by atoms with Crippen molar-refractivity contribution in [2.24, 2.45) is 0 Å². The molecule has 0 aromatic heterocycles. The van der Waals surface area contributed by atoms with Gasteiger partial charge in [-0.1, -0.05) is 30.3 Å². The lowest BCUT2D eigenvalue weighted by Crippen LogP contribution is -2.42. The van der Waals surface area contributed by atoms with Crippen LogP contribution >= 0.6 is 12.9 Å². The monoisotopic (exact) mass is 253 g/mol. The minimum absolute atomic E-state index is 0.228. The minimum atomic E-state index is -1.18. The predicted molar refractivity (Wildman–Crippen MR) is 66.1 cm³/mol. The zero-order chi connectivity index (χ0) is 12.5. The Morgan fingerprint density at radius 2 is 2.18 bits per heavy atom. The van der Waals surface area contributed by atoms with Gasteiger partial charge in [-0.05, 0) is 25.4 Å². The normalized spacial score (nSPS) is 28.8. The average molecular weight is 253 g/mol. The number of aliphatic hydroxyl groups is 1. The minimum Gasteiger partial charge on any atom is -0.371 e. The number of carbonyl (C=O) groups excluding carboxylic acids is 1. The molecule has 0 spiro atoms. The summed E-state index contributed by atoms with van der Waals surface area (Å²) in [5, 5.41) is 10.2. The van der Waals surface area contributed by atoms with Gasteiger partial charge in [0.1, 0.15) is 5.72 Å². The SMILES string of the molecule is CC1(O)C[C@H](OS)C(=O)N1Cc1ccccc1. The van der Waals surface area contributed by atoms with Crippen LogP contribution in [0.1, 0.15) is 18.9 Å². The zero-order valence-corrected chi connectivity index (χ0v) is 10.4. The molecule has 1 aliphatic heterocycles. The second-order valence-corrected chi connectivity index (χ2v) is 4.64. The fourth-order valence-corrected chi connectivity index (χ4v) is 2.22. The van der Waals surface area contributed by atoms with Crippen molar-refractivity contribution in [2.45, 2.75) is 31.7 Å². The van der Waals surface area contributed by atoms with E-state index in [-0.39, 0.29) is 12.3 Å². The van der Waals surface area contributed by atoms with E-state index in [1.807, 2.05) is 30.3 Å². The molecule has 5 heteroatoms. The van der Waals surface area contributed by atoms with Gasteiger partial charge in [0.15, 0.2) is 6.10 Å². The topological polar surface area (TPSA) is 49.8 Å². The molecule has 1 unspecified atom stereocenters. The van der Waals surface area contributed by atoms with Gasteiger partial charge in [-0.2, -0.15) is 0 Å². The average Bonchev–Trinajstić information content (AvgIpc) is 2.53. The molecule has 0 aliphatic carbocycles. The number of hydrogen-bond donors (Lipinski definition) is 2. The molecule has 1 aliphatic rings. The predicted octanol–water partition coefficient (Wildman–Crippen LogP) is 1.36. The Morgan fingerprint density at radius 3 is 2.71 bits per heavy atom. The molecule has 0 saturated carbocycles. The van der Waals surface area contributed by atoms with Gasteiger partial charge >= 0.3 is 0 Å². The number of likely N-dealkylation sites (tertiary alicyclic amines) is 1. The number of rotatable bonds is 3. The van der Waals surface area contributed by atoms with E-state index in [1.54, 1.807) is 6.92 Å². The van der Waals surface area contributed by atoms with E-state index in [0.29, 0.717) is 6.54 Å². The summed E-state index contributed by atoms with van der Waals surface area (Å²) in [7, 11) is 0. The molecule has 2 atom stereocenters. The summed E-state index contributed by atoms with van der Waals surface area (Å²) in [6.45, 7) is 1.99. The Hall–Kier alpha value is -1.04. The molecule has 1 fully saturated rings. The molecule has 0 radical (unpaired) electrons. The smallest absolute Gasteiger partial charge is 0.255 e. The van der Waals surface area contributed by atoms with Crippen molar-refractivity contribution in [3.05, 3.63) is 35.9 Å². The number of nitrogens with zero attached hydrogens (tertiary/aromatic N) is 1. The second-order valence-electron chi connectivity index (χ2n) is 4.43. The Labute approximate surface area is 106 Å². The molecule has 1 saturated heterocycles. The zero-order valence-electron chi connectivity index (χ0n) is 9.54. The van der Waals surface area contributed by atoms with Crippen LogP contribution in [0.15, 0.2) is 30.3 Å². The van der Waals surface area contributed by atoms with Crippen LogP contribution < -0.4 is 0 Å². The van der Waals surface area contributed by atoms with E-state index in [4.69, 9.17) is 4.18 Å². The van der Waals surface area contributed by atoms with Crippen molar-refractivity contribution in [3.8, 4) is 0 Å². The fraction of sp³-hybridized carbons (Fsp3) is 0.417. The Bertz CT molecular complexity index is 407. The first-order chi connectivity index (χ1) is 8.04. The van der Waals surface area contributed by atoms with Gasteiger partial charge < -0.3 is 14.2 Å². The van der Waals surface area contributed by atoms with Crippen LogP contribution in [-0.4, -0.2) is 27.7 Å². The van der Waals surface area contributed by atoms with E-state index in [9.17, 15) is 9.90 Å². The highest BCUT2D eigenvalue weighted by molar-refractivity contribution is 7.75. The van der Waals surface area contributed by atoms with Crippen molar-refractivity contribution in [3.63, 3.8) is 0 Å². The largest absolute Gasteiger partial charge is 0.371 e. The van der Waals surface area contributed by atoms with Crippen LogP contribution in [-0.2, 0) is 15.5 Å². The Kier molecular flexibility index (Phi) is 3.42. The van der Waals surface area contributed by atoms with Gasteiger partial charge in [-0.25, -0.2) is 0 Å². The maximum Gasteiger partial charge on any atom is 0.255 e. The first-order valence-electron chi connectivity index (χ1n) is 5.42. The van der Waals surface area contributed by atoms with Crippen LogP contribution in [0.25, 0.3) is 0 Å². The molecule has 0 bridgehead atoms. The molecule has 4 nitrogen and oxygen atoms in total. The van der Waals surface area contributed by atoms with E-state index < -0.39 is 11.8 Å². The third-order valence-electron chi connectivity index (χ3n) is 3.01. The number of thiol groups is 1. The summed E-state index contributed by atoms with van der Waals surface area (Å²) in [5.41, 5.74) is -0.207. The molecule has 1 N–H and O–H groups in total. The van der Waals surface area contributed by atoms with Gasteiger partial charge in [0.05, 0.1) is 0 Å². The molecule has 2 rings (SSSR count). The van der Waals surface area contributed by atoms with E-state index in [0.717, 1.165) is 5.56 Å². The van der Waals surface area contributed by atoms with Gasteiger partial charge in [0.25, 0.3) is 5.91 Å². The summed E-state index contributed by atoms with van der Waals surface area (Å²) in [6.07, 6.45) is -0.431. The molecular weight excluding hydrogens is 238 g/mol. The highest BCUT2D eigenvalue weighted by Crippen LogP contribution is 2.31. The van der Waals surface area contributed by atoms with E-state index in [1.165, 1.54) is 4.90 Å². The highest BCUT2D eigenvalue weighted by atomic mass is 32.1. The summed E-state index contributed by atoms with van der Waals surface area (Å²) >= 11 is 3.66. The van der Waals surface area contributed by atoms with Crippen molar-refractivity contribution >= 4 is 18.8 Å². The standard InChI is InChI=1S/C12H15NO3S/c1-12(15)7-10(16-17)11(14)13(12)8-9-5-3-2-4-6-9/h2-6,10,15,17H,7-8H2,1H3/t10-,12?/m0/s1. The van der Waals surface area contributed by atoms with Crippen molar-refractivity contribution in [1.82, 2.24) is 4.90 Å². The fourth-order valence-electron chi connectivity index (χ4n) is 2.06. The van der Waals surface area contributed by atoms with Gasteiger partial charge in [0, 0.05) is 13.0 Å². The van der Waals surface area contributed by atoms with E-state index >= 15 is 0 Å². The van der Waals surface area contributed by atoms with Crippen molar-refractivity contribution in [1.29, 1.82) is 0 Å². The molecule has 92 valence electrons. The lowest BCUT2D eigenvalue weighted by atomic mass is 10.1. The quantitative estimate of drug-likeness (QED) is 0.631. The number of benzene rings is 1. The first-order valence-corrected chi connectivity index (χ1v) is 5.79. The maximum absolute atomic E-state index is 11.9. The summed E-state index contributed by atoms with van der Waals surface area (Å²) < 4.78 is 4.77. The number of carbonyl (C=O) groups is 1. The summed E-state index contributed by atoms with van der Waals surface area (Å²) in [4.78, 5) is 13.4. The van der Waals surface area contributed by atoms with Gasteiger partial charge in [0.2, 0.25) is 0 Å². The Balaban J connectivity index is 2.17. The van der Waals surface area contributed by atoms with Crippen LogP contribution in [0.2, 0.25) is 0 Å². The van der Waals surface area contributed by atoms with Crippen LogP contribution in [0, 0.1) is 0 Å². The first kappa shape index (κ1) is 12.4. The summed E-state index contributed by atoms with van der Waals surface area (Å²) in [5.74, 6) is -0.228. The van der Waals surface area contributed by atoms with Gasteiger partial charge in [-0.3, -0.25) is 4.79 Å². The van der Waals surface area contributed by atoms with Crippen molar-refractivity contribution in [2.75, 3.05) is 0 Å². The lowest BCUT2D eigenvalue weighted by Gasteiger charge is -2.29. The third-order valence-corrected chi connectivity index (χ3v) is 3.26. The molecule has 17 heavy (non-hydrogen) atoms. The molecule has 1 amide bonds. The summed E-state index contributed by atoms with van der Waals surface area (Å²) in [6, 6.07) is 9.54. The lowest BCUT2D eigenvalue weighted by molar-refractivity contribution is -0.145. The van der Waals surface area contributed by atoms with Crippen molar-refractivity contribution < 1.29 is 14.1 Å². The molecule has 1 heterocycles. The van der Waals surface area contributed by atoms with Crippen LogP contribution in [0.5, 0.6) is 0 Å². The number of hydrogen-bond acceptors (Lipinski definition) is 4. The molecule has 1 aromatic rings. The van der Waals surface area contributed by atoms with Crippen LogP contribution in [0.3, 0.4) is 0 Å². The third kappa shape index (κ3) is 2.46. The van der Waals surface area contributed by atoms with Crippen LogP contribution in [0.4, 0.5) is 0 Å². The van der Waals surface area contributed by atoms with E-state index in [2.05, 4.69) is 12.9 Å². The molecule has 1 aromatic carbocycles. The van der Waals surface area contributed by atoms with Gasteiger partial charge in [-0.15, -0.1) is 0 Å². The Morgan fingerprint density at radius 1 is 1.53 bits per heavy atom. The molecular formula is C12H15NO3S. The maximum atomic E-state index is 11.9. The highest BCUT2D eigenvalue weighted by Gasteiger charge is 2.47. The number of amides is 1.